The first-order valence-electron chi connectivity index (χ1n) is 6.74. The van der Waals surface area contributed by atoms with Crippen LogP contribution in [0.4, 0.5) is 0 Å². The summed E-state index contributed by atoms with van der Waals surface area (Å²) in [6.07, 6.45) is 3.70. The Labute approximate surface area is 107 Å². The summed E-state index contributed by atoms with van der Waals surface area (Å²) in [4.78, 5) is 4.76. The fourth-order valence-electron chi connectivity index (χ4n) is 2.72. The van der Waals surface area contributed by atoms with E-state index in [-0.39, 0.29) is 11.5 Å². The Balaban J connectivity index is 2.52. The highest BCUT2D eigenvalue weighted by Crippen LogP contribution is 2.37. The molecule has 0 spiro atoms. The van der Waals surface area contributed by atoms with Crippen LogP contribution in [0.2, 0.25) is 0 Å². The zero-order chi connectivity index (χ0) is 13.3. The van der Waals surface area contributed by atoms with E-state index in [2.05, 4.69) is 44.8 Å². The molecule has 0 aliphatic heterocycles. The fraction of sp³-hybridized carbons (Fsp3) is 1.00. The third-order valence-corrected chi connectivity index (χ3v) is 4.61. The van der Waals surface area contributed by atoms with Crippen molar-refractivity contribution >= 4 is 0 Å². The van der Waals surface area contributed by atoms with Crippen LogP contribution >= 0.6 is 0 Å². The molecule has 1 N–H and O–H groups in total. The van der Waals surface area contributed by atoms with Crippen molar-refractivity contribution in [3.05, 3.63) is 0 Å². The fourth-order valence-corrected chi connectivity index (χ4v) is 2.72. The first-order valence-corrected chi connectivity index (χ1v) is 6.74. The molecular weight excluding hydrogens is 212 g/mol. The number of likely N-dealkylation sites (N-methyl/N-ethyl adjacent to an activating group) is 2. The second-order valence-electron chi connectivity index (χ2n) is 6.81. The Morgan fingerprint density at radius 1 is 1.24 bits per heavy atom. The molecule has 0 saturated heterocycles. The maximum absolute atomic E-state index is 9.77. The van der Waals surface area contributed by atoms with E-state index < -0.39 is 0 Å². The van der Waals surface area contributed by atoms with Crippen molar-refractivity contribution < 1.29 is 5.11 Å². The van der Waals surface area contributed by atoms with Gasteiger partial charge in [-0.2, -0.15) is 0 Å². The lowest BCUT2D eigenvalue weighted by Crippen LogP contribution is -2.57. The molecule has 0 aromatic carbocycles. The SMILES string of the molecule is CC(O)C(C)(C)CN(C)CC1(N(C)C)CCC1. The first kappa shape index (κ1) is 14.9. The minimum Gasteiger partial charge on any atom is -0.393 e. The molecule has 0 radical (unpaired) electrons. The van der Waals surface area contributed by atoms with Gasteiger partial charge in [0.05, 0.1) is 6.10 Å². The lowest BCUT2D eigenvalue weighted by atomic mass is 9.75. The van der Waals surface area contributed by atoms with Gasteiger partial charge in [-0.05, 0) is 47.3 Å². The van der Waals surface area contributed by atoms with Crippen molar-refractivity contribution in [1.29, 1.82) is 0 Å². The van der Waals surface area contributed by atoms with Gasteiger partial charge in [0.25, 0.3) is 0 Å². The van der Waals surface area contributed by atoms with Crippen molar-refractivity contribution in [1.82, 2.24) is 9.80 Å². The molecule has 1 atom stereocenters. The Hall–Kier alpha value is -0.120. The van der Waals surface area contributed by atoms with Gasteiger partial charge >= 0.3 is 0 Å². The van der Waals surface area contributed by atoms with Crippen LogP contribution < -0.4 is 0 Å². The van der Waals surface area contributed by atoms with Gasteiger partial charge in [-0.25, -0.2) is 0 Å². The van der Waals surface area contributed by atoms with E-state index in [4.69, 9.17) is 0 Å². The minimum absolute atomic E-state index is 0.0357. The monoisotopic (exact) mass is 242 g/mol. The van der Waals surface area contributed by atoms with E-state index in [1.807, 2.05) is 6.92 Å². The van der Waals surface area contributed by atoms with Crippen LogP contribution in [-0.2, 0) is 0 Å². The number of aliphatic hydroxyl groups is 1. The van der Waals surface area contributed by atoms with Gasteiger partial charge in [0, 0.05) is 24.0 Å². The molecule has 17 heavy (non-hydrogen) atoms. The summed E-state index contributed by atoms with van der Waals surface area (Å²) in [5.41, 5.74) is 0.343. The lowest BCUT2D eigenvalue weighted by molar-refractivity contribution is -0.00388. The smallest absolute Gasteiger partial charge is 0.0575 e. The van der Waals surface area contributed by atoms with E-state index in [1.165, 1.54) is 19.3 Å². The molecule has 3 nitrogen and oxygen atoms in total. The van der Waals surface area contributed by atoms with Crippen LogP contribution in [-0.4, -0.2) is 60.8 Å². The molecule has 102 valence electrons. The number of rotatable bonds is 6. The van der Waals surface area contributed by atoms with Crippen molar-refractivity contribution in [2.24, 2.45) is 5.41 Å². The molecule has 1 unspecified atom stereocenters. The number of aliphatic hydroxyl groups excluding tert-OH is 1. The Kier molecular flexibility index (Phi) is 4.61. The summed E-state index contributed by atoms with van der Waals surface area (Å²) in [5, 5.41) is 9.77. The van der Waals surface area contributed by atoms with Crippen LogP contribution in [0.15, 0.2) is 0 Å². The largest absolute Gasteiger partial charge is 0.393 e. The summed E-state index contributed by atoms with van der Waals surface area (Å²) in [6, 6.07) is 0. The molecule has 1 aliphatic carbocycles. The topological polar surface area (TPSA) is 26.7 Å². The molecule has 0 bridgehead atoms. The summed E-state index contributed by atoms with van der Waals surface area (Å²) in [5.74, 6) is 0. The normalized spacial score (nSPS) is 21.7. The highest BCUT2D eigenvalue weighted by atomic mass is 16.3. The van der Waals surface area contributed by atoms with Gasteiger partial charge in [-0.15, -0.1) is 0 Å². The van der Waals surface area contributed by atoms with Gasteiger partial charge in [-0.3, -0.25) is 0 Å². The van der Waals surface area contributed by atoms with Crippen LogP contribution in [0, 0.1) is 5.41 Å². The average Bonchev–Trinajstić information content (AvgIpc) is 2.09. The molecule has 1 rings (SSSR count). The molecule has 3 heteroatoms. The Morgan fingerprint density at radius 3 is 2.06 bits per heavy atom. The predicted octanol–water partition coefficient (Wildman–Crippen LogP) is 1.81. The van der Waals surface area contributed by atoms with E-state index in [1.54, 1.807) is 0 Å². The quantitative estimate of drug-likeness (QED) is 0.769. The third kappa shape index (κ3) is 3.43. The molecule has 1 aliphatic rings. The molecule has 0 amide bonds. The van der Waals surface area contributed by atoms with Gasteiger partial charge in [0.15, 0.2) is 0 Å². The van der Waals surface area contributed by atoms with Crippen molar-refractivity contribution in [3.8, 4) is 0 Å². The number of hydrogen-bond acceptors (Lipinski definition) is 3. The summed E-state index contributed by atoms with van der Waals surface area (Å²) in [6.45, 7) is 8.21. The van der Waals surface area contributed by atoms with Crippen LogP contribution in [0.1, 0.15) is 40.0 Å². The van der Waals surface area contributed by atoms with E-state index in [0.29, 0.717) is 5.54 Å². The first-order chi connectivity index (χ1) is 7.69. The van der Waals surface area contributed by atoms with Crippen LogP contribution in [0.5, 0.6) is 0 Å². The summed E-state index contributed by atoms with van der Waals surface area (Å²) < 4.78 is 0. The zero-order valence-electron chi connectivity index (χ0n) is 12.5. The summed E-state index contributed by atoms with van der Waals surface area (Å²) >= 11 is 0. The van der Waals surface area contributed by atoms with E-state index >= 15 is 0 Å². The Morgan fingerprint density at radius 2 is 1.76 bits per heavy atom. The minimum atomic E-state index is -0.262. The standard InChI is InChI=1S/C14H30N2O/c1-12(17)13(2,3)10-16(6)11-14(15(4)5)8-7-9-14/h12,17H,7-11H2,1-6H3. The highest BCUT2D eigenvalue weighted by molar-refractivity contribution is 4.98. The maximum Gasteiger partial charge on any atom is 0.0575 e. The second kappa shape index (κ2) is 5.25. The third-order valence-electron chi connectivity index (χ3n) is 4.61. The van der Waals surface area contributed by atoms with Gasteiger partial charge < -0.3 is 14.9 Å². The number of nitrogens with zero attached hydrogens (tertiary/aromatic N) is 2. The van der Waals surface area contributed by atoms with Crippen LogP contribution in [0.25, 0.3) is 0 Å². The molecule has 1 saturated carbocycles. The van der Waals surface area contributed by atoms with Crippen molar-refractivity contribution in [3.63, 3.8) is 0 Å². The van der Waals surface area contributed by atoms with Crippen molar-refractivity contribution in [2.45, 2.75) is 51.7 Å². The van der Waals surface area contributed by atoms with Crippen molar-refractivity contribution in [2.75, 3.05) is 34.2 Å². The molecule has 0 aromatic heterocycles. The summed E-state index contributed by atoms with van der Waals surface area (Å²) in [7, 11) is 6.55. The predicted molar refractivity (Wildman–Crippen MR) is 73.2 cm³/mol. The average molecular weight is 242 g/mol. The highest BCUT2D eigenvalue weighted by Gasteiger charge is 2.40. The van der Waals surface area contributed by atoms with Crippen LogP contribution in [0.3, 0.4) is 0 Å². The van der Waals surface area contributed by atoms with Gasteiger partial charge in [0.1, 0.15) is 0 Å². The molecule has 1 fully saturated rings. The zero-order valence-corrected chi connectivity index (χ0v) is 12.5. The molecule has 0 heterocycles. The Bertz CT molecular complexity index is 245. The molecule has 0 aromatic rings. The van der Waals surface area contributed by atoms with E-state index in [9.17, 15) is 5.11 Å². The maximum atomic E-state index is 9.77. The lowest BCUT2D eigenvalue weighted by Gasteiger charge is -2.50. The van der Waals surface area contributed by atoms with E-state index in [0.717, 1.165) is 13.1 Å². The van der Waals surface area contributed by atoms with Gasteiger partial charge in [-0.1, -0.05) is 13.8 Å². The second-order valence-corrected chi connectivity index (χ2v) is 6.81. The van der Waals surface area contributed by atoms with Gasteiger partial charge in [0.2, 0.25) is 0 Å². The number of hydrogen-bond donors (Lipinski definition) is 1. The molecular formula is C14H30N2O.